The van der Waals surface area contributed by atoms with Gasteiger partial charge in [0, 0.05) is 25.2 Å². The Labute approximate surface area is 132 Å². The highest BCUT2D eigenvalue weighted by molar-refractivity contribution is 5.90. The first kappa shape index (κ1) is 14.9. The van der Waals surface area contributed by atoms with Gasteiger partial charge in [-0.1, -0.05) is 13.8 Å². The first-order chi connectivity index (χ1) is 10.4. The number of fused-ring (bicyclic) bond motifs is 5. The van der Waals surface area contributed by atoms with E-state index in [0.29, 0.717) is 42.8 Å². The van der Waals surface area contributed by atoms with Gasteiger partial charge < -0.3 is 5.11 Å². The molecule has 22 heavy (non-hydrogen) atoms. The van der Waals surface area contributed by atoms with E-state index in [-0.39, 0.29) is 28.6 Å². The lowest BCUT2D eigenvalue weighted by molar-refractivity contribution is -0.160. The topological polar surface area (TPSA) is 54.4 Å². The average molecular weight is 304 g/mol. The van der Waals surface area contributed by atoms with E-state index in [9.17, 15) is 14.7 Å². The van der Waals surface area contributed by atoms with Gasteiger partial charge in [0.15, 0.2) is 0 Å². The fourth-order valence-corrected chi connectivity index (χ4v) is 6.81. The van der Waals surface area contributed by atoms with E-state index >= 15 is 0 Å². The zero-order valence-corrected chi connectivity index (χ0v) is 13.8. The number of aliphatic hydroxyl groups is 1. The maximum absolute atomic E-state index is 12.8. The fourth-order valence-electron chi connectivity index (χ4n) is 6.81. The molecule has 4 rings (SSSR count). The summed E-state index contributed by atoms with van der Waals surface area (Å²) < 4.78 is 0. The molecule has 0 bridgehead atoms. The van der Waals surface area contributed by atoms with Crippen LogP contribution in [-0.4, -0.2) is 22.8 Å². The molecule has 122 valence electrons. The van der Waals surface area contributed by atoms with Crippen molar-refractivity contribution in [2.75, 3.05) is 0 Å². The van der Waals surface area contributed by atoms with E-state index in [2.05, 4.69) is 13.8 Å². The summed E-state index contributed by atoms with van der Waals surface area (Å²) in [6, 6.07) is 0. The van der Waals surface area contributed by atoms with Gasteiger partial charge in [-0.3, -0.25) is 9.59 Å². The third kappa shape index (κ3) is 1.78. The molecule has 0 aliphatic heterocycles. The molecule has 1 N–H and O–H groups in total. The van der Waals surface area contributed by atoms with Crippen molar-refractivity contribution in [3.05, 3.63) is 0 Å². The molecule has 4 saturated carbocycles. The van der Waals surface area contributed by atoms with Gasteiger partial charge >= 0.3 is 0 Å². The first-order valence-corrected chi connectivity index (χ1v) is 9.09. The van der Waals surface area contributed by atoms with Crippen molar-refractivity contribution in [1.82, 2.24) is 0 Å². The smallest absolute Gasteiger partial charge is 0.137 e. The van der Waals surface area contributed by atoms with Crippen molar-refractivity contribution in [2.45, 2.75) is 71.3 Å². The van der Waals surface area contributed by atoms with Crippen LogP contribution in [0, 0.1) is 34.5 Å². The first-order valence-electron chi connectivity index (χ1n) is 9.09. The number of carbonyl (C=O) groups excluding carboxylic acids is 2. The monoisotopic (exact) mass is 304 g/mol. The van der Waals surface area contributed by atoms with E-state index in [1.165, 1.54) is 0 Å². The SMILES string of the molecule is C[C@]12CCC(=O)C[C@@H]1C(=O)C[C@@H]1[C@@H]2CC[C@]2(C)[C@H](O)CC[C@@H]12. The normalized spacial score (nSPS) is 54.6. The van der Waals surface area contributed by atoms with E-state index in [4.69, 9.17) is 0 Å². The van der Waals surface area contributed by atoms with E-state index in [1.807, 2.05) is 0 Å². The molecule has 3 nitrogen and oxygen atoms in total. The Kier molecular flexibility index (Phi) is 3.15. The molecular weight excluding hydrogens is 276 g/mol. The molecular formula is C19H28O3. The molecule has 4 fully saturated rings. The van der Waals surface area contributed by atoms with Gasteiger partial charge in [-0.15, -0.1) is 0 Å². The van der Waals surface area contributed by atoms with Crippen LogP contribution in [0.1, 0.15) is 65.2 Å². The van der Waals surface area contributed by atoms with Crippen LogP contribution >= 0.6 is 0 Å². The van der Waals surface area contributed by atoms with Gasteiger partial charge in [-0.2, -0.15) is 0 Å². The fraction of sp³-hybridized carbons (Fsp3) is 0.895. The van der Waals surface area contributed by atoms with Gasteiger partial charge in [0.05, 0.1) is 6.10 Å². The summed E-state index contributed by atoms with van der Waals surface area (Å²) >= 11 is 0. The minimum absolute atomic E-state index is 0.0225. The van der Waals surface area contributed by atoms with Crippen LogP contribution in [0.5, 0.6) is 0 Å². The Morgan fingerprint density at radius 1 is 0.955 bits per heavy atom. The Morgan fingerprint density at radius 2 is 1.68 bits per heavy atom. The van der Waals surface area contributed by atoms with Crippen molar-refractivity contribution < 1.29 is 14.7 Å². The number of ketones is 2. The molecule has 0 unspecified atom stereocenters. The second-order valence-electron chi connectivity index (χ2n) is 8.99. The Morgan fingerprint density at radius 3 is 2.45 bits per heavy atom. The number of rotatable bonds is 0. The Bertz CT molecular complexity index is 527. The van der Waals surface area contributed by atoms with Crippen molar-refractivity contribution in [2.24, 2.45) is 34.5 Å². The molecule has 4 aliphatic rings. The van der Waals surface area contributed by atoms with Crippen LogP contribution in [0.25, 0.3) is 0 Å². The molecule has 0 aromatic carbocycles. The van der Waals surface area contributed by atoms with Crippen molar-refractivity contribution in [1.29, 1.82) is 0 Å². The third-order valence-electron chi connectivity index (χ3n) is 8.23. The Balaban J connectivity index is 1.69. The average Bonchev–Trinajstić information content (AvgIpc) is 2.77. The molecule has 0 radical (unpaired) electrons. The van der Waals surface area contributed by atoms with Crippen LogP contribution in [0.2, 0.25) is 0 Å². The maximum atomic E-state index is 12.8. The second-order valence-corrected chi connectivity index (χ2v) is 8.99. The summed E-state index contributed by atoms with van der Waals surface area (Å²) in [7, 11) is 0. The molecule has 0 heterocycles. The third-order valence-corrected chi connectivity index (χ3v) is 8.23. The summed E-state index contributed by atoms with van der Waals surface area (Å²) in [5.74, 6) is 2.12. The summed E-state index contributed by atoms with van der Waals surface area (Å²) in [5, 5.41) is 10.4. The highest BCUT2D eigenvalue weighted by atomic mass is 16.3. The zero-order chi connectivity index (χ0) is 15.7. The van der Waals surface area contributed by atoms with Crippen LogP contribution < -0.4 is 0 Å². The van der Waals surface area contributed by atoms with Crippen molar-refractivity contribution in [3.63, 3.8) is 0 Å². The standard InChI is InChI=1S/C19H28O3/c1-18-7-5-11(20)9-15(18)16(21)10-12-13-3-4-17(22)19(13,2)8-6-14(12)18/h12-15,17,22H,3-10H2,1-2H3/t12-,13-,14-,15+,17+,18+,19-/m0/s1. The second kappa shape index (κ2) is 4.66. The van der Waals surface area contributed by atoms with Crippen molar-refractivity contribution in [3.8, 4) is 0 Å². The van der Waals surface area contributed by atoms with Crippen LogP contribution in [-0.2, 0) is 9.59 Å². The number of hydrogen-bond acceptors (Lipinski definition) is 3. The predicted octanol–water partition coefficient (Wildman–Crippen LogP) is 3.14. The van der Waals surface area contributed by atoms with E-state index in [1.54, 1.807) is 0 Å². The number of Topliss-reactive ketones (excluding diaryl/α,β-unsaturated/α-hetero) is 2. The largest absolute Gasteiger partial charge is 0.393 e. The van der Waals surface area contributed by atoms with Gasteiger partial charge in [0.25, 0.3) is 0 Å². The van der Waals surface area contributed by atoms with E-state index < -0.39 is 0 Å². The lowest BCUT2D eigenvalue weighted by Gasteiger charge is -2.59. The minimum Gasteiger partial charge on any atom is -0.393 e. The quantitative estimate of drug-likeness (QED) is 0.748. The number of carbonyl (C=O) groups is 2. The van der Waals surface area contributed by atoms with E-state index in [0.717, 1.165) is 32.1 Å². The van der Waals surface area contributed by atoms with Crippen molar-refractivity contribution >= 4 is 11.6 Å². The summed E-state index contributed by atoms with van der Waals surface area (Å²) in [6.07, 6.45) is 6.71. The molecule has 0 aromatic rings. The lowest BCUT2D eigenvalue weighted by Crippen LogP contribution is -2.57. The molecule has 0 amide bonds. The van der Waals surface area contributed by atoms with Gasteiger partial charge in [0.2, 0.25) is 0 Å². The highest BCUT2D eigenvalue weighted by Crippen LogP contribution is 2.65. The number of hydrogen-bond donors (Lipinski definition) is 1. The van der Waals surface area contributed by atoms with Crippen LogP contribution in [0.4, 0.5) is 0 Å². The van der Waals surface area contributed by atoms with Gasteiger partial charge in [-0.05, 0) is 60.7 Å². The molecule has 0 spiro atoms. The zero-order valence-electron chi connectivity index (χ0n) is 13.8. The van der Waals surface area contributed by atoms with Crippen LogP contribution in [0.15, 0.2) is 0 Å². The molecule has 3 heteroatoms. The van der Waals surface area contributed by atoms with Crippen LogP contribution in [0.3, 0.4) is 0 Å². The molecule has 0 aromatic heterocycles. The number of aliphatic hydroxyl groups excluding tert-OH is 1. The van der Waals surface area contributed by atoms with Gasteiger partial charge in [0.1, 0.15) is 11.6 Å². The Hall–Kier alpha value is -0.700. The van der Waals surface area contributed by atoms with Gasteiger partial charge in [-0.25, -0.2) is 0 Å². The summed E-state index contributed by atoms with van der Waals surface area (Å²) in [6.45, 7) is 4.53. The minimum atomic E-state index is -0.188. The highest BCUT2D eigenvalue weighted by Gasteiger charge is 2.62. The molecule has 0 saturated heterocycles. The molecule has 4 aliphatic carbocycles. The molecule has 7 atom stereocenters. The summed E-state index contributed by atoms with van der Waals surface area (Å²) in [4.78, 5) is 24.7. The predicted molar refractivity (Wildman–Crippen MR) is 83.1 cm³/mol. The maximum Gasteiger partial charge on any atom is 0.137 e. The summed E-state index contributed by atoms with van der Waals surface area (Å²) in [5.41, 5.74) is 0.0535. The lowest BCUT2D eigenvalue weighted by atomic mass is 9.45.